The zero-order valence-electron chi connectivity index (χ0n) is 7.85. The van der Waals surface area contributed by atoms with Crippen molar-refractivity contribution in [3.05, 3.63) is 15.5 Å². The first kappa shape index (κ1) is 12.3. The number of hydrogen-bond acceptors (Lipinski definition) is 3. The summed E-state index contributed by atoms with van der Waals surface area (Å²) < 4.78 is 44.7. The van der Waals surface area contributed by atoms with Crippen LogP contribution in [0.15, 0.2) is 6.07 Å². The summed E-state index contributed by atoms with van der Waals surface area (Å²) in [5.74, 6) is -0.0970. The van der Waals surface area contributed by atoms with Gasteiger partial charge in [-0.3, -0.25) is 0 Å². The zero-order valence-corrected chi connectivity index (χ0v) is 10.0. The molecule has 0 radical (unpaired) electrons. The highest BCUT2D eigenvalue weighted by Gasteiger charge is 2.32. The van der Waals surface area contributed by atoms with E-state index in [9.17, 15) is 13.2 Å². The van der Waals surface area contributed by atoms with Crippen molar-refractivity contribution < 1.29 is 22.6 Å². The average molecular weight is 333 g/mol. The molecule has 0 aliphatic carbocycles. The molecule has 0 unspecified atom stereocenters. The second-order valence-electron chi connectivity index (χ2n) is 2.61. The van der Waals surface area contributed by atoms with E-state index in [0.29, 0.717) is 5.69 Å². The SMILES string of the molecule is COc1cc(OC(F)(F)F)c(I)nc1C. The molecule has 0 amide bonds. The minimum atomic E-state index is -4.72. The number of ether oxygens (including phenoxy) is 2. The van der Waals surface area contributed by atoms with Crippen LogP contribution in [0.25, 0.3) is 0 Å². The molecular formula is C8H7F3INO2. The fourth-order valence-corrected chi connectivity index (χ4v) is 1.57. The molecule has 15 heavy (non-hydrogen) atoms. The number of halogens is 4. The molecule has 0 spiro atoms. The highest BCUT2D eigenvalue weighted by molar-refractivity contribution is 14.1. The minimum absolute atomic E-state index is 0.142. The van der Waals surface area contributed by atoms with Gasteiger partial charge in [-0.25, -0.2) is 4.98 Å². The van der Waals surface area contributed by atoms with Crippen LogP contribution in [0.1, 0.15) is 5.69 Å². The topological polar surface area (TPSA) is 31.4 Å². The van der Waals surface area contributed by atoms with Crippen LogP contribution in [0.4, 0.5) is 13.2 Å². The third kappa shape index (κ3) is 3.40. The molecule has 0 atom stereocenters. The lowest BCUT2D eigenvalue weighted by molar-refractivity contribution is -0.275. The number of nitrogens with zero attached hydrogens (tertiary/aromatic N) is 1. The van der Waals surface area contributed by atoms with E-state index >= 15 is 0 Å². The van der Waals surface area contributed by atoms with Crippen molar-refractivity contribution in [2.45, 2.75) is 13.3 Å². The van der Waals surface area contributed by atoms with E-state index in [1.54, 1.807) is 29.5 Å². The number of aryl methyl sites for hydroxylation is 1. The van der Waals surface area contributed by atoms with Gasteiger partial charge in [0.2, 0.25) is 0 Å². The monoisotopic (exact) mass is 333 g/mol. The molecule has 1 aromatic rings. The predicted octanol–water partition coefficient (Wildman–Crippen LogP) is 2.90. The molecule has 84 valence electrons. The lowest BCUT2D eigenvalue weighted by Crippen LogP contribution is -2.18. The summed E-state index contributed by atoms with van der Waals surface area (Å²) in [6, 6.07) is 1.16. The van der Waals surface area contributed by atoms with Crippen LogP contribution in [-0.4, -0.2) is 18.5 Å². The number of methoxy groups -OCH3 is 1. The van der Waals surface area contributed by atoms with E-state index in [4.69, 9.17) is 4.74 Å². The number of pyridine rings is 1. The smallest absolute Gasteiger partial charge is 0.495 e. The maximum absolute atomic E-state index is 12.0. The molecule has 1 heterocycles. The largest absolute Gasteiger partial charge is 0.573 e. The van der Waals surface area contributed by atoms with E-state index in [2.05, 4.69) is 9.72 Å². The highest BCUT2D eigenvalue weighted by atomic mass is 127. The van der Waals surface area contributed by atoms with Gasteiger partial charge in [0.25, 0.3) is 0 Å². The summed E-state index contributed by atoms with van der Waals surface area (Å²) in [7, 11) is 1.36. The van der Waals surface area contributed by atoms with Crippen LogP contribution >= 0.6 is 22.6 Å². The molecule has 3 nitrogen and oxygen atoms in total. The third-order valence-corrected chi connectivity index (χ3v) is 2.31. The molecule has 0 N–H and O–H groups in total. The van der Waals surface area contributed by atoms with Gasteiger partial charge in [-0.05, 0) is 29.5 Å². The van der Waals surface area contributed by atoms with Gasteiger partial charge in [0.1, 0.15) is 9.45 Å². The lowest BCUT2D eigenvalue weighted by atomic mass is 10.3. The molecule has 0 aliphatic heterocycles. The van der Waals surface area contributed by atoms with Crippen LogP contribution in [0.2, 0.25) is 0 Å². The van der Waals surface area contributed by atoms with E-state index < -0.39 is 6.36 Å². The summed E-state index contributed by atoms with van der Waals surface area (Å²) in [5, 5.41) is 0. The molecular weight excluding hydrogens is 326 g/mol. The summed E-state index contributed by atoms with van der Waals surface area (Å²) in [5.41, 5.74) is 0.511. The second-order valence-corrected chi connectivity index (χ2v) is 3.63. The quantitative estimate of drug-likeness (QED) is 0.616. The molecule has 0 saturated heterocycles. The number of hydrogen-bond donors (Lipinski definition) is 0. The Hall–Kier alpha value is -0.730. The molecule has 7 heteroatoms. The molecule has 0 aliphatic rings. The minimum Gasteiger partial charge on any atom is -0.495 e. The molecule has 1 aromatic heterocycles. The second kappa shape index (κ2) is 4.42. The van der Waals surface area contributed by atoms with Gasteiger partial charge in [-0.2, -0.15) is 0 Å². The zero-order chi connectivity index (χ0) is 11.6. The van der Waals surface area contributed by atoms with Gasteiger partial charge in [0, 0.05) is 6.07 Å². The molecule has 0 bridgehead atoms. The van der Waals surface area contributed by atoms with Crippen molar-refractivity contribution in [1.82, 2.24) is 4.98 Å². The molecule has 0 aromatic carbocycles. The summed E-state index contributed by atoms with van der Waals surface area (Å²) in [6.07, 6.45) is -4.72. The maximum Gasteiger partial charge on any atom is 0.573 e. The van der Waals surface area contributed by atoms with Crippen LogP contribution in [0.5, 0.6) is 11.5 Å². The number of alkyl halides is 3. The average Bonchev–Trinajstić information content (AvgIpc) is 2.07. The van der Waals surface area contributed by atoms with Gasteiger partial charge < -0.3 is 9.47 Å². The Labute approximate surface area is 97.7 Å². The molecule has 0 saturated carbocycles. The first-order chi connectivity index (χ1) is 6.83. The number of rotatable bonds is 2. The van der Waals surface area contributed by atoms with Crippen LogP contribution in [-0.2, 0) is 0 Å². The van der Waals surface area contributed by atoms with Crippen molar-refractivity contribution >= 4 is 22.6 Å². The van der Waals surface area contributed by atoms with Crippen molar-refractivity contribution in [2.75, 3.05) is 7.11 Å². The molecule has 0 fully saturated rings. The summed E-state index contributed by atoms with van der Waals surface area (Å²) in [4.78, 5) is 3.87. The van der Waals surface area contributed by atoms with Crippen LogP contribution in [0.3, 0.4) is 0 Å². The third-order valence-electron chi connectivity index (χ3n) is 1.53. The Morgan fingerprint density at radius 3 is 2.40 bits per heavy atom. The molecule has 1 rings (SSSR count). The lowest BCUT2D eigenvalue weighted by Gasteiger charge is -2.12. The Kier molecular flexibility index (Phi) is 3.63. The predicted molar refractivity (Wildman–Crippen MR) is 54.9 cm³/mol. The first-order valence-electron chi connectivity index (χ1n) is 3.80. The van der Waals surface area contributed by atoms with Gasteiger partial charge in [0.05, 0.1) is 12.8 Å². The maximum atomic E-state index is 12.0. The Balaban J connectivity index is 3.08. The van der Waals surface area contributed by atoms with Gasteiger partial charge >= 0.3 is 6.36 Å². The Bertz CT molecular complexity index is 368. The number of aromatic nitrogens is 1. The van der Waals surface area contributed by atoms with Crippen molar-refractivity contribution in [1.29, 1.82) is 0 Å². The standard InChI is InChI=1S/C8H7F3INO2/c1-4-5(14-2)3-6(7(12)13-4)15-8(9,10)11/h3H,1-2H3. The first-order valence-corrected chi connectivity index (χ1v) is 4.88. The highest BCUT2D eigenvalue weighted by Crippen LogP contribution is 2.31. The van der Waals surface area contributed by atoms with Crippen LogP contribution in [0, 0.1) is 10.6 Å². The van der Waals surface area contributed by atoms with Gasteiger partial charge in [-0.1, -0.05) is 0 Å². The van der Waals surface area contributed by atoms with E-state index in [1.807, 2.05) is 0 Å². The summed E-state index contributed by atoms with van der Waals surface area (Å²) >= 11 is 1.67. The van der Waals surface area contributed by atoms with Gasteiger partial charge in [0.15, 0.2) is 5.75 Å². The Morgan fingerprint density at radius 2 is 1.93 bits per heavy atom. The van der Waals surface area contributed by atoms with E-state index in [0.717, 1.165) is 6.07 Å². The normalized spacial score (nSPS) is 11.3. The van der Waals surface area contributed by atoms with Crippen molar-refractivity contribution in [2.24, 2.45) is 0 Å². The van der Waals surface area contributed by atoms with Crippen molar-refractivity contribution in [3.63, 3.8) is 0 Å². The van der Waals surface area contributed by atoms with Crippen LogP contribution < -0.4 is 9.47 Å². The fourth-order valence-electron chi connectivity index (χ4n) is 0.943. The van der Waals surface area contributed by atoms with Gasteiger partial charge in [-0.15, -0.1) is 13.2 Å². The van der Waals surface area contributed by atoms with E-state index in [-0.39, 0.29) is 15.2 Å². The summed E-state index contributed by atoms with van der Waals surface area (Å²) in [6.45, 7) is 1.64. The van der Waals surface area contributed by atoms with Crippen molar-refractivity contribution in [3.8, 4) is 11.5 Å². The Morgan fingerprint density at radius 1 is 1.33 bits per heavy atom. The van der Waals surface area contributed by atoms with E-state index in [1.165, 1.54) is 7.11 Å². The fraction of sp³-hybridized carbons (Fsp3) is 0.375.